The van der Waals surface area contributed by atoms with Crippen LogP contribution in [-0.4, -0.2) is 44.4 Å². The number of nitrogens with zero attached hydrogens (tertiary/aromatic N) is 1. The molecule has 6 heteroatoms. The van der Waals surface area contributed by atoms with Gasteiger partial charge < -0.3 is 20.1 Å². The monoisotopic (exact) mass is 352 g/mol. The van der Waals surface area contributed by atoms with E-state index in [4.69, 9.17) is 15.2 Å². The molecule has 1 amide bonds. The Labute approximate surface area is 148 Å². The molecule has 0 spiro atoms. The van der Waals surface area contributed by atoms with E-state index in [1.807, 2.05) is 30.3 Å². The molecule has 1 saturated carbocycles. The second kappa shape index (κ2) is 8.62. The Morgan fingerprint density at radius 2 is 1.96 bits per heavy atom. The number of methoxy groups -OCH3 is 2. The number of hydrogen-bond acceptors (Lipinski definition) is 5. The summed E-state index contributed by atoms with van der Waals surface area (Å²) in [7, 11) is 5.12. The van der Waals surface area contributed by atoms with Crippen molar-refractivity contribution in [2.24, 2.45) is 11.7 Å². The minimum atomic E-state index is 0.0524. The lowest BCUT2D eigenvalue weighted by Crippen LogP contribution is -2.38. The third kappa shape index (κ3) is 4.36. The van der Waals surface area contributed by atoms with Crippen LogP contribution in [-0.2, 0) is 11.3 Å². The summed E-state index contributed by atoms with van der Waals surface area (Å²) in [5, 5.41) is 0. The van der Waals surface area contributed by atoms with Gasteiger partial charge in [-0.3, -0.25) is 4.79 Å². The van der Waals surface area contributed by atoms with Crippen molar-refractivity contribution in [3.8, 4) is 11.5 Å². The quantitative estimate of drug-likeness (QED) is 0.798. The second-order valence-electron chi connectivity index (χ2n) is 6.34. The van der Waals surface area contributed by atoms with Gasteiger partial charge in [0.1, 0.15) is 0 Å². The van der Waals surface area contributed by atoms with E-state index in [2.05, 4.69) is 0 Å². The summed E-state index contributed by atoms with van der Waals surface area (Å²) in [4.78, 5) is 15.6. The van der Waals surface area contributed by atoms with E-state index in [-0.39, 0.29) is 17.9 Å². The third-order valence-corrected chi connectivity index (χ3v) is 5.45. The number of rotatable bonds is 6. The molecule has 2 rings (SSSR count). The van der Waals surface area contributed by atoms with Gasteiger partial charge in [0.2, 0.25) is 5.91 Å². The van der Waals surface area contributed by atoms with E-state index in [1.165, 1.54) is 0 Å². The van der Waals surface area contributed by atoms with Crippen LogP contribution < -0.4 is 15.2 Å². The predicted octanol–water partition coefficient (Wildman–Crippen LogP) is 2.90. The molecule has 0 bridgehead atoms. The SMILES string of the molecule is COc1cc(CN(C)C(=O)C2CCCC(N)C2)c(SC)cc1OC. The largest absolute Gasteiger partial charge is 0.493 e. The topological polar surface area (TPSA) is 64.8 Å². The molecule has 1 fully saturated rings. The lowest BCUT2D eigenvalue weighted by molar-refractivity contribution is -0.136. The Hall–Kier alpha value is -1.40. The summed E-state index contributed by atoms with van der Waals surface area (Å²) in [6.07, 6.45) is 5.83. The minimum absolute atomic E-state index is 0.0524. The van der Waals surface area contributed by atoms with E-state index < -0.39 is 0 Å². The fourth-order valence-electron chi connectivity index (χ4n) is 3.31. The maximum atomic E-state index is 12.7. The average molecular weight is 353 g/mol. The standard InChI is InChI=1S/C18H28N2O3S/c1-20(18(21)12-6-5-7-14(19)8-12)11-13-9-15(22-2)16(23-3)10-17(13)24-4/h9-10,12,14H,5-8,11,19H2,1-4H3. The Kier molecular flexibility index (Phi) is 6.80. The number of ether oxygens (including phenoxy) is 2. The number of hydrogen-bond donors (Lipinski definition) is 1. The van der Waals surface area contributed by atoms with Crippen LogP contribution in [0, 0.1) is 5.92 Å². The van der Waals surface area contributed by atoms with Gasteiger partial charge in [-0.25, -0.2) is 0 Å². The van der Waals surface area contributed by atoms with Crippen molar-refractivity contribution in [2.75, 3.05) is 27.5 Å². The fourth-order valence-corrected chi connectivity index (χ4v) is 3.92. The number of thioether (sulfide) groups is 1. The van der Waals surface area contributed by atoms with E-state index in [1.54, 1.807) is 26.0 Å². The molecule has 5 nitrogen and oxygen atoms in total. The lowest BCUT2D eigenvalue weighted by Gasteiger charge is -2.30. The van der Waals surface area contributed by atoms with Crippen molar-refractivity contribution >= 4 is 17.7 Å². The molecule has 1 aliphatic rings. The zero-order valence-corrected chi connectivity index (χ0v) is 15.8. The smallest absolute Gasteiger partial charge is 0.225 e. The van der Waals surface area contributed by atoms with Crippen LogP contribution in [0.3, 0.4) is 0 Å². The maximum absolute atomic E-state index is 12.7. The van der Waals surface area contributed by atoms with Crippen LogP contribution in [0.2, 0.25) is 0 Å². The summed E-state index contributed by atoms with van der Waals surface area (Å²) >= 11 is 1.64. The number of nitrogens with two attached hydrogens (primary N) is 1. The van der Waals surface area contributed by atoms with Crippen LogP contribution in [0.5, 0.6) is 11.5 Å². The van der Waals surface area contributed by atoms with Crippen molar-refractivity contribution in [1.29, 1.82) is 0 Å². The summed E-state index contributed by atoms with van der Waals surface area (Å²) in [5.41, 5.74) is 7.09. The van der Waals surface area contributed by atoms with Crippen molar-refractivity contribution < 1.29 is 14.3 Å². The van der Waals surface area contributed by atoms with Gasteiger partial charge in [-0.05, 0) is 43.2 Å². The highest BCUT2D eigenvalue weighted by atomic mass is 32.2. The van der Waals surface area contributed by atoms with Gasteiger partial charge in [0.25, 0.3) is 0 Å². The molecule has 2 atom stereocenters. The molecule has 0 heterocycles. The van der Waals surface area contributed by atoms with Gasteiger partial charge >= 0.3 is 0 Å². The maximum Gasteiger partial charge on any atom is 0.225 e. The Bertz CT molecular complexity index is 580. The number of carbonyl (C=O) groups excluding carboxylic acids is 1. The van der Waals surface area contributed by atoms with E-state index in [0.717, 1.165) is 36.1 Å². The molecule has 1 aromatic carbocycles. The number of benzene rings is 1. The average Bonchev–Trinajstić information content (AvgIpc) is 2.60. The van der Waals surface area contributed by atoms with Gasteiger partial charge in [-0.1, -0.05) is 6.42 Å². The van der Waals surface area contributed by atoms with Crippen molar-refractivity contribution in [1.82, 2.24) is 4.90 Å². The van der Waals surface area contributed by atoms with Gasteiger partial charge in [0.05, 0.1) is 14.2 Å². The molecule has 0 aliphatic heterocycles. The van der Waals surface area contributed by atoms with Crippen molar-refractivity contribution in [2.45, 2.75) is 43.2 Å². The first-order valence-electron chi connectivity index (χ1n) is 8.29. The first-order chi connectivity index (χ1) is 11.5. The summed E-state index contributed by atoms with van der Waals surface area (Å²) in [5.74, 6) is 1.63. The molecular formula is C18H28N2O3S. The summed E-state index contributed by atoms with van der Waals surface area (Å²) in [6.45, 7) is 0.557. The highest BCUT2D eigenvalue weighted by molar-refractivity contribution is 7.98. The first kappa shape index (κ1) is 18.9. The molecule has 1 aromatic rings. The van der Waals surface area contributed by atoms with Crippen molar-refractivity contribution in [3.05, 3.63) is 17.7 Å². The van der Waals surface area contributed by atoms with Gasteiger partial charge in [-0.2, -0.15) is 0 Å². The lowest BCUT2D eigenvalue weighted by atomic mass is 9.85. The van der Waals surface area contributed by atoms with E-state index >= 15 is 0 Å². The highest BCUT2D eigenvalue weighted by Crippen LogP contribution is 2.35. The molecule has 1 aliphatic carbocycles. The number of carbonyl (C=O) groups is 1. The van der Waals surface area contributed by atoms with Crippen LogP contribution in [0.25, 0.3) is 0 Å². The zero-order chi connectivity index (χ0) is 17.7. The normalized spacial score (nSPS) is 20.5. The van der Waals surface area contributed by atoms with Crippen LogP contribution in [0.1, 0.15) is 31.2 Å². The summed E-state index contributed by atoms with van der Waals surface area (Å²) in [6, 6.07) is 4.08. The minimum Gasteiger partial charge on any atom is -0.493 e. The van der Waals surface area contributed by atoms with Gasteiger partial charge in [0, 0.05) is 30.4 Å². The van der Waals surface area contributed by atoms with Gasteiger partial charge in [0.15, 0.2) is 11.5 Å². The molecule has 0 aromatic heterocycles. The highest BCUT2D eigenvalue weighted by Gasteiger charge is 2.28. The van der Waals surface area contributed by atoms with Crippen LogP contribution in [0.15, 0.2) is 17.0 Å². The van der Waals surface area contributed by atoms with Crippen molar-refractivity contribution in [3.63, 3.8) is 0 Å². The first-order valence-corrected chi connectivity index (χ1v) is 9.52. The Morgan fingerprint density at radius 1 is 1.29 bits per heavy atom. The predicted molar refractivity (Wildman–Crippen MR) is 97.7 cm³/mol. The van der Waals surface area contributed by atoms with Gasteiger partial charge in [-0.15, -0.1) is 11.8 Å². The molecule has 134 valence electrons. The molecule has 0 saturated heterocycles. The Morgan fingerprint density at radius 3 is 2.54 bits per heavy atom. The third-order valence-electron chi connectivity index (χ3n) is 4.63. The molecule has 2 unspecified atom stereocenters. The molecular weight excluding hydrogens is 324 g/mol. The molecule has 24 heavy (non-hydrogen) atoms. The van der Waals surface area contributed by atoms with Crippen LogP contribution in [0.4, 0.5) is 0 Å². The zero-order valence-electron chi connectivity index (χ0n) is 15.0. The molecule has 0 radical (unpaired) electrons. The summed E-state index contributed by atoms with van der Waals surface area (Å²) < 4.78 is 10.8. The molecule has 2 N–H and O–H groups in total. The van der Waals surface area contributed by atoms with E-state index in [0.29, 0.717) is 18.0 Å². The second-order valence-corrected chi connectivity index (χ2v) is 7.19. The van der Waals surface area contributed by atoms with E-state index in [9.17, 15) is 4.79 Å². The van der Waals surface area contributed by atoms with Crippen LogP contribution >= 0.6 is 11.8 Å². The Balaban J connectivity index is 2.15. The fraction of sp³-hybridized carbons (Fsp3) is 0.611. The number of amides is 1.